The summed E-state index contributed by atoms with van der Waals surface area (Å²) in [6.07, 6.45) is 3.90. The second kappa shape index (κ2) is 8.47. The van der Waals surface area contributed by atoms with Gasteiger partial charge in [0.1, 0.15) is 0 Å². The molecule has 5 rings (SSSR count). The highest BCUT2D eigenvalue weighted by Crippen LogP contribution is 2.30. The Morgan fingerprint density at radius 3 is 2.43 bits per heavy atom. The summed E-state index contributed by atoms with van der Waals surface area (Å²) in [5.74, 6) is 0.139. The van der Waals surface area contributed by atoms with Crippen LogP contribution in [0, 0.1) is 0 Å². The largest absolute Gasteiger partial charge is 0.390 e. The van der Waals surface area contributed by atoms with Crippen LogP contribution in [-0.2, 0) is 20.6 Å². The van der Waals surface area contributed by atoms with E-state index in [4.69, 9.17) is 4.98 Å². The zero-order valence-electron chi connectivity index (χ0n) is 19.9. The molecule has 9 nitrogen and oxygen atoms in total. The number of aryl methyl sites for hydroxylation is 3. The molecule has 0 unspecified atom stereocenters. The van der Waals surface area contributed by atoms with Crippen molar-refractivity contribution >= 4 is 45.3 Å². The van der Waals surface area contributed by atoms with Gasteiger partial charge >= 0.3 is 5.69 Å². The normalized spacial score (nSPS) is 12.0. The molecule has 4 aromatic heterocycles. The van der Waals surface area contributed by atoms with Crippen LogP contribution in [0.3, 0.4) is 0 Å². The Labute approximate surface area is 205 Å². The zero-order valence-corrected chi connectivity index (χ0v) is 20.8. The summed E-state index contributed by atoms with van der Waals surface area (Å²) in [6, 6.07) is 11.3. The predicted octanol–water partition coefficient (Wildman–Crippen LogP) is 3.76. The molecule has 0 saturated heterocycles. The van der Waals surface area contributed by atoms with Crippen LogP contribution in [0.1, 0.15) is 29.9 Å². The number of carbonyl (C=O) groups excluding carboxylic acids is 1. The lowest BCUT2D eigenvalue weighted by molar-refractivity contribution is 0.0667. The second-order valence-electron chi connectivity index (χ2n) is 9.23. The first-order valence-corrected chi connectivity index (χ1v) is 12.0. The third kappa shape index (κ3) is 4.26. The molecule has 0 aliphatic carbocycles. The van der Waals surface area contributed by atoms with Crippen molar-refractivity contribution in [3.05, 3.63) is 64.2 Å². The van der Waals surface area contributed by atoms with Crippen LogP contribution in [0.4, 0.5) is 5.95 Å². The molecule has 35 heavy (non-hydrogen) atoms. The minimum atomic E-state index is -0.894. The van der Waals surface area contributed by atoms with Crippen LogP contribution in [0.25, 0.3) is 32.5 Å². The average molecular weight is 491 g/mol. The van der Waals surface area contributed by atoms with E-state index in [1.165, 1.54) is 11.3 Å². The van der Waals surface area contributed by atoms with Gasteiger partial charge in [0.15, 0.2) is 0 Å². The molecule has 1 aromatic carbocycles. The van der Waals surface area contributed by atoms with Crippen molar-refractivity contribution in [2.45, 2.75) is 32.4 Å². The first-order chi connectivity index (χ1) is 16.6. The summed E-state index contributed by atoms with van der Waals surface area (Å²) in [5.41, 5.74) is 2.96. The fourth-order valence-electron chi connectivity index (χ4n) is 4.12. The molecule has 0 atom stereocenters. The third-order valence-corrected chi connectivity index (χ3v) is 7.24. The predicted molar refractivity (Wildman–Crippen MR) is 138 cm³/mol. The summed E-state index contributed by atoms with van der Waals surface area (Å²) >= 11 is 1.39. The average Bonchev–Trinajstić information content (AvgIpc) is 3.50. The number of nitrogens with zero attached hydrogens (tertiary/aromatic N) is 5. The molecule has 180 valence electrons. The maximum Gasteiger partial charge on any atom is 0.328 e. The van der Waals surface area contributed by atoms with Crippen LogP contribution < -0.4 is 11.0 Å². The van der Waals surface area contributed by atoms with Gasteiger partial charge in [0.2, 0.25) is 5.95 Å². The number of nitrogens with one attached hydrogen (secondary N) is 1. The number of carbonyl (C=O) groups is 1. The number of amides is 1. The lowest BCUT2D eigenvalue weighted by Gasteiger charge is -2.18. The van der Waals surface area contributed by atoms with Crippen molar-refractivity contribution in [2.24, 2.45) is 14.1 Å². The number of pyridine rings is 1. The Morgan fingerprint density at radius 1 is 1.06 bits per heavy atom. The van der Waals surface area contributed by atoms with Crippen molar-refractivity contribution in [1.29, 1.82) is 0 Å². The van der Waals surface area contributed by atoms with Gasteiger partial charge in [0.25, 0.3) is 5.91 Å². The van der Waals surface area contributed by atoms with Gasteiger partial charge < -0.3 is 9.67 Å². The summed E-state index contributed by atoms with van der Waals surface area (Å²) < 4.78 is 5.06. The second-order valence-corrected chi connectivity index (χ2v) is 10.3. The number of anilines is 1. The number of rotatable bonds is 6. The standard InChI is InChI=1S/C25H26N6O3S/c1-25(2,34)9-12-31-17-14-19-18(29(3)24(33)30(19)4)13-16(17)27-23(31)28-22(32)21-6-5-20(35-21)15-7-10-26-11-8-15/h5-8,10-11,13-14,34H,9,12H2,1-4H3,(H,27,28,32). The fourth-order valence-corrected chi connectivity index (χ4v) is 5.03. The van der Waals surface area contributed by atoms with E-state index in [1.807, 2.05) is 34.9 Å². The maximum atomic E-state index is 13.2. The van der Waals surface area contributed by atoms with Gasteiger partial charge in [-0.05, 0) is 62.2 Å². The Kier molecular flexibility index (Phi) is 5.57. The quantitative estimate of drug-likeness (QED) is 0.377. The highest BCUT2D eigenvalue weighted by Gasteiger charge is 2.21. The molecule has 0 spiro atoms. The third-order valence-electron chi connectivity index (χ3n) is 6.11. The topological polar surface area (TPSA) is 107 Å². The summed E-state index contributed by atoms with van der Waals surface area (Å²) in [7, 11) is 3.45. The van der Waals surface area contributed by atoms with Crippen molar-refractivity contribution in [3.63, 3.8) is 0 Å². The monoisotopic (exact) mass is 490 g/mol. The number of fused-ring (bicyclic) bond motifs is 2. The Morgan fingerprint density at radius 2 is 1.74 bits per heavy atom. The molecule has 0 radical (unpaired) electrons. The van der Waals surface area contributed by atoms with Gasteiger partial charge in [-0.25, -0.2) is 9.78 Å². The van der Waals surface area contributed by atoms with Crippen LogP contribution in [0.2, 0.25) is 0 Å². The van der Waals surface area contributed by atoms with Gasteiger partial charge in [0, 0.05) is 37.9 Å². The van der Waals surface area contributed by atoms with Crippen molar-refractivity contribution in [2.75, 3.05) is 5.32 Å². The summed E-state index contributed by atoms with van der Waals surface area (Å²) in [5, 5.41) is 13.3. The molecule has 0 bridgehead atoms. The number of hydrogen-bond acceptors (Lipinski definition) is 6. The van der Waals surface area contributed by atoms with Gasteiger partial charge in [-0.3, -0.25) is 24.2 Å². The smallest absolute Gasteiger partial charge is 0.328 e. The number of aliphatic hydroxyl groups is 1. The van der Waals surface area contributed by atoms with E-state index in [0.29, 0.717) is 29.3 Å². The Balaban J connectivity index is 1.55. The van der Waals surface area contributed by atoms with E-state index in [2.05, 4.69) is 10.3 Å². The highest BCUT2D eigenvalue weighted by atomic mass is 32.1. The van der Waals surface area contributed by atoms with Gasteiger partial charge in [-0.15, -0.1) is 11.3 Å². The SMILES string of the molecule is Cn1c(=O)n(C)c2cc3c(cc21)nc(NC(=O)c1ccc(-c2ccncc2)s1)n3CCC(C)(C)O. The van der Waals surface area contributed by atoms with Gasteiger partial charge in [-0.2, -0.15) is 0 Å². The Bertz CT molecular complexity index is 1620. The van der Waals surface area contributed by atoms with E-state index >= 15 is 0 Å². The van der Waals surface area contributed by atoms with Crippen LogP contribution >= 0.6 is 11.3 Å². The number of aromatic nitrogens is 5. The number of benzene rings is 1. The van der Waals surface area contributed by atoms with Crippen LogP contribution in [0.5, 0.6) is 0 Å². The number of imidazole rings is 2. The van der Waals surface area contributed by atoms with E-state index in [0.717, 1.165) is 27.0 Å². The lowest BCUT2D eigenvalue weighted by Crippen LogP contribution is -2.22. The first-order valence-electron chi connectivity index (χ1n) is 11.2. The van der Waals surface area contributed by atoms with Crippen molar-refractivity contribution < 1.29 is 9.90 Å². The van der Waals surface area contributed by atoms with E-state index in [1.54, 1.807) is 55.5 Å². The van der Waals surface area contributed by atoms with E-state index in [9.17, 15) is 14.7 Å². The zero-order chi connectivity index (χ0) is 24.9. The Hall–Kier alpha value is -3.76. The maximum absolute atomic E-state index is 13.2. The van der Waals surface area contributed by atoms with E-state index in [-0.39, 0.29) is 11.6 Å². The highest BCUT2D eigenvalue weighted by molar-refractivity contribution is 7.17. The van der Waals surface area contributed by atoms with Gasteiger partial charge in [0.05, 0.1) is 32.5 Å². The number of hydrogen-bond donors (Lipinski definition) is 2. The minimum Gasteiger partial charge on any atom is -0.390 e. The van der Waals surface area contributed by atoms with Crippen molar-refractivity contribution in [3.8, 4) is 10.4 Å². The molecule has 4 heterocycles. The lowest BCUT2D eigenvalue weighted by atomic mass is 10.1. The molecular weight excluding hydrogens is 464 g/mol. The van der Waals surface area contributed by atoms with Gasteiger partial charge in [-0.1, -0.05) is 0 Å². The van der Waals surface area contributed by atoms with Crippen LogP contribution in [-0.4, -0.2) is 40.3 Å². The van der Waals surface area contributed by atoms with Crippen molar-refractivity contribution in [1.82, 2.24) is 23.7 Å². The van der Waals surface area contributed by atoms with Crippen LogP contribution in [0.15, 0.2) is 53.6 Å². The molecule has 0 aliphatic heterocycles. The minimum absolute atomic E-state index is 0.119. The molecule has 5 aromatic rings. The fraction of sp³-hybridized carbons (Fsp3) is 0.280. The first kappa shape index (κ1) is 23.0. The molecular formula is C25H26N6O3S. The molecule has 0 aliphatic rings. The van der Waals surface area contributed by atoms with E-state index < -0.39 is 5.60 Å². The number of thiophene rings is 1. The molecule has 0 fully saturated rings. The molecule has 0 saturated carbocycles. The summed E-state index contributed by atoms with van der Waals surface area (Å²) in [4.78, 5) is 35.8. The molecule has 10 heteroatoms. The molecule has 2 N–H and O–H groups in total. The summed E-state index contributed by atoms with van der Waals surface area (Å²) in [6.45, 7) is 3.93. The molecule has 1 amide bonds.